The Morgan fingerprint density at radius 2 is 1.92 bits per heavy atom. The van der Waals surface area contributed by atoms with Crippen molar-refractivity contribution in [1.82, 2.24) is 0 Å². The molecule has 2 aromatic carbocycles. The Labute approximate surface area is 143 Å². The summed E-state index contributed by atoms with van der Waals surface area (Å²) in [5.41, 5.74) is 1.23. The molecule has 0 aliphatic carbocycles. The first-order valence-corrected chi connectivity index (χ1v) is 8.44. The first-order valence-electron chi connectivity index (χ1n) is 8.44. The van der Waals surface area contributed by atoms with Gasteiger partial charge in [-0.25, -0.2) is 0 Å². The molecule has 0 aliphatic heterocycles. The zero-order valence-electron chi connectivity index (χ0n) is 14.5. The van der Waals surface area contributed by atoms with E-state index in [1.165, 1.54) is 0 Å². The monoisotopic (exact) mass is 327 g/mol. The van der Waals surface area contributed by atoms with Gasteiger partial charge >= 0.3 is 0 Å². The van der Waals surface area contributed by atoms with E-state index in [0.29, 0.717) is 23.6 Å². The summed E-state index contributed by atoms with van der Waals surface area (Å²) in [6.07, 6.45) is 1.96. The zero-order valence-corrected chi connectivity index (χ0v) is 14.5. The average molecular weight is 327 g/mol. The predicted octanol–water partition coefficient (Wildman–Crippen LogP) is 4.91. The molecule has 24 heavy (non-hydrogen) atoms. The molecule has 2 aromatic rings. The molecule has 0 aromatic heterocycles. The third-order valence-electron chi connectivity index (χ3n) is 3.60. The second-order valence-corrected chi connectivity index (χ2v) is 5.66. The topological polar surface area (TPSA) is 47.6 Å². The number of hydrogen-bond donors (Lipinski definition) is 1. The Hall–Kier alpha value is -2.49. The van der Waals surface area contributed by atoms with Crippen molar-refractivity contribution >= 4 is 11.6 Å². The largest absolute Gasteiger partial charge is 0.493 e. The van der Waals surface area contributed by atoms with Crippen LogP contribution < -0.4 is 14.8 Å². The van der Waals surface area contributed by atoms with E-state index in [1.807, 2.05) is 56.3 Å². The SMILES string of the molecule is CCCOc1ccccc1C(=O)Nc1cccc(OC(C)CC)c1. The van der Waals surface area contributed by atoms with Gasteiger partial charge in [0.2, 0.25) is 0 Å². The van der Waals surface area contributed by atoms with E-state index in [9.17, 15) is 4.79 Å². The van der Waals surface area contributed by atoms with E-state index in [0.717, 1.165) is 18.6 Å². The van der Waals surface area contributed by atoms with Gasteiger partial charge in [0.1, 0.15) is 11.5 Å². The van der Waals surface area contributed by atoms with Gasteiger partial charge in [0.05, 0.1) is 18.3 Å². The Bertz CT molecular complexity index is 669. The van der Waals surface area contributed by atoms with Crippen molar-refractivity contribution in [1.29, 1.82) is 0 Å². The molecular formula is C20H25NO3. The summed E-state index contributed by atoms with van der Waals surface area (Å²) in [6, 6.07) is 14.7. The summed E-state index contributed by atoms with van der Waals surface area (Å²) < 4.78 is 11.4. The van der Waals surface area contributed by atoms with E-state index < -0.39 is 0 Å². The molecular weight excluding hydrogens is 302 g/mol. The van der Waals surface area contributed by atoms with Gasteiger partial charge in [0, 0.05) is 11.8 Å². The lowest BCUT2D eigenvalue weighted by Gasteiger charge is -2.14. The fourth-order valence-corrected chi connectivity index (χ4v) is 2.15. The number of para-hydroxylation sites is 1. The number of anilines is 1. The normalized spacial score (nSPS) is 11.6. The van der Waals surface area contributed by atoms with Crippen LogP contribution in [0.3, 0.4) is 0 Å². The van der Waals surface area contributed by atoms with Gasteiger partial charge in [0.25, 0.3) is 5.91 Å². The molecule has 1 N–H and O–H groups in total. The fourth-order valence-electron chi connectivity index (χ4n) is 2.15. The lowest BCUT2D eigenvalue weighted by Crippen LogP contribution is -2.14. The maximum absolute atomic E-state index is 12.6. The number of benzene rings is 2. The molecule has 0 heterocycles. The lowest BCUT2D eigenvalue weighted by atomic mass is 10.2. The highest BCUT2D eigenvalue weighted by atomic mass is 16.5. The number of rotatable bonds is 8. The third-order valence-corrected chi connectivity index (χ3v) is 3.60. The van der Waals surface area contributed by atoms with Crippen LogP contribution in [0.4, 0.5) is 5.69 Å². The molecule has 1 atom stereocenters. The number of ether oxygens (including phenoxy) is 2. The van der Waals surface area contributed by atoms with Crippen molar-refractivity contribution in [3.8, 4) is 11.5 Å². The van der Waals surface area contributed by atoms with Crippen LogP contribution in [0.5, 0.6) is 11.5 Å². The van der Waals surface area contributed by atoms with E-state index >= 15 is 0 Å². The standard InChI is InChI=1S/C20H25NO3/c1-4-13-23-19-12-7-6-11-18(19)20(22)21-16-9-8-10-17(14-16)24-15(3)5-2/h6-12,14-15H,4-5,13H2,1-3H3,(H,21,22). The Morgan fingerprint density at radius 1 is 1.12 bits per heavy atom. The van der Waals surface area contributed by atoms with Gasteiger partial charge in [-0.1, -0.05) is 32.0 Å². The van der Waals surface area contributed by atoms with Gasteiger partial charge in [-0.2, -0.15) is 0 Å². The highest BCUT2D eigenvalue weighted by molar-refractivity contribution is 6.06. The molecule has 4 heteroatoms. The van der Waals surface area contributed by atoms with Crippen LogP contribution in [0.25, 0.3) is 0 Å². The summed E-state index contributed by atoms with van der Waals surface area (Å²) >= 11 is 0. The highest BCUT2D eigenvalue weighted by Crippen LogP contribution is 2.23. The van der Waals surface area contributed by atoms with Crippen LogP contribution in [-0.2, 0) is 0 Å². The first-order chi connectivity index (χ1) is 11.6. The van der Waals surface area contributed by atoms with Crippen molar-refractivity contribution in [3.05, 3.63) is 54.1 Å². The molecule has 0 saturated carbocycles. The smallest absolute Gasteiger partial charge is 0.259 e. The van der Waals surface area contributed by atoms with E-state index in [2.05, 4.69) is 12.2 Å². The number of carbonyl (C=O) groups excluding carboxylic acids is 1. The first kappa shape index (κ1) is 17.9. The molecule has 128 valence electrons. The lowest BCUT2D eigenvalue weighted by molar-refractivity contribution is 0.102. The van der Waals surface area contributed by atoms with Crippen molar-refractivity contribution in [3.63, 3.8) is 0 Å². The predicted molar refractivity (Wildman–Crippen MR) is 97.0 cm³/mol. The molecule has 1 unspecified atom stereocenters. The fraction of sp³-hybridized carbons (Fsp3) is 0.350. The molecule has 0 bridgehead atoms. The second-order valence-electron chi connectivity index (χ2n) is 5.66. The maximum Gasteiger partial charge on any atom is 0.259 e. The number of hydrogen-bond acceptors (Lipinski definition) is 3. The second kappa shape index (κ2) is 8.96. The molecule has 0 spiro atoms. The summed E-state index contributed by atoms with van der Waals surface area (Å²) in [5, 5.41) is 2.91. The Morgan fingerprint density at radius 3 is 2.67 bits per heavy atom. The highest BCUT2D eigenvalue weighted by Gasteiger charge is 2.12. The molecule has 0 radical (unpaired) electrons. The van der Waals surface area contributed by atoms with Crippen molar-refractivity contribution in [2.24, 2.45) is 0 Å². The van der Waals surface area contributed by atoms with Crippen LogP contribution in [0, 0.1) is 0 Å². The molecule has 4 nitrogen and oxygen atoms in total. The summed E-state index contributed by atoms with van der Waals surface area (Å²) in [7, 11) is 0. The Balaban J connectivity index is 2.11. The number of carbonyl (C=O) groups is 1. The average Bonchev–Trinajstić information content (AvgIpc) is 2.60. The van der Waals surface area contributed by atoms with E-state index in [-0.39, 0.29) is 12.0 Å². The molecule has 0 fully saturated rings. The minimum absolute atomic E-state index is 0.138. The molecule has 2 rings (SSSR count). The van der Waals surface area contributed by atoms with E-state index in [1.54, 1.807) is 6.07 Å². The number of amides is 1. The summed E-state index contributed by atoms with van der Waals surface area (Å²) in [5.74, 6) is 1.16. The minimum Gasteiger partial charge on any atom is -0.493 e. The molecule has 0 aliphatic rings. The number of nitrogens with one attached hydrogen (secondary N) is 1. The maximum atomic E-state index is 12.6. The van der Waals surface area contributed by atoms with Crippen LogP contribution in [-0.4, -0.2) is 18.6 Å². The van der Waals surface area contributed by atoms with Gasteiger partial charge in [-0.05, 0) is 44.0 Å². The van der Waals surface area contributed by atoms with Crippen LogP contribution in [0.1, 0.15) is 44.0 Å². The van der Waals surface area contributed by atoms with Crippen molar-refractivity contribution < 1.29 is 14.3 Å². The van der Waals surface area contributed by atoms with Crippen molar-refractivity contribution in [2.75, 3.05) is 11.9 Å². The molecule has 1 amide bonds. The van der Waals surface area contributed by atoms with E-state index in [4.69, 9.17) is 9.47 Å². The third kappa shape index (κ3) is 5.01. The van der Waals surface area contributed by atoms with Gasteiger partial charge in [-0.15, -0.1) is 0 Å². The summed E-state index contributed by atoms with van der Waals surface area (Å²) in [4.78, 5) is 12.6. The van der Waals surface area contributed by atoms with Crippen LogP contribution >= 0.6 is 0 Å². The van der Waals surface area contributed by atoms with Gasteiger partial charge in [0.15, 0.2) is 0 Å². The molecule has 0 saturated heterocycles. The summed E-state index contributed by atoms with van der Waals surface area (Å²) in [6.45, 7) is 6.71. The van der Waals surface area contributed by atoms with Gasteiger partial charge in [-0.3, -0.25) is 4.79 Å². The zero-order chi connectivity index (χ0) is 17.4. The quantitative estimate of drug-likeness (QED) is 0.750. The van der Waals surface area contributed by atoms with Crippen LogP contribution in [0.2, 0.25) is 0 Å². The van der Waals surface area contributed by atoms with Crippen molar-refractivity contribution in [2.45, 2.75) is 39.7 Å². The van der Waals surface area contributed by atoms with Gasteiger partial charge < -0.3 is 14.8 Å². The Kier molecular flexibility index (Phi) is 6.67. The minimum atomic E-state index is -0.192. The van der Waals surface area contributed by atoms with Crippen LogP contribution in [0.15, 0.2) is 48.5 Å².